The Morgan fingerprint density at radius 1 is 1.12 bits per heavy atom. The first-order chi connectivity index (χ1) is 7.77. The number of allylic oxidation sites excluding steroid dienone is 4. The van der Waals surface area contributed by atoms with Crippen LogP contribution in [0.2, 0.25) is 0 Å². The largest absolute Gasteiger partial charge is 0.289 e. The first-order valence-corrected chi connectivity index (χ1v) is 6.98. The number of carbonyl (C=O) groups is 1. The highest BCUT2D eigenvalue weighted by Crippen LogP contribution is 2.38. The molecule has 0 unspecified atom stereocenters. The van der Waals surface area contributed by atoms with Crippen molar-refractivity contribution in [3.05, 3.63) is 56.7 Å². The van der Waals surface area contributed by atoms with Crippen LogP contribution in [0.1, 0.15) is 6.92 Å². The molecule has 2 heteroatoms. The van der Waals surface area contributed by atoms with Crippen molar-refractivity contribution in [1.29, 1.82) is 0 Å². The van der Waals surface area contributed by atoms with Crippen LogP contribution in [-0.4, -0.2) is 15.3 Å². The van der Waals surface area contributed by atoms with Crippen LogP contribution in [0.3, 0.4) is 0 Å². The molecule has 1 heterocycles. The summed E-state index contributed by atoms with van der Waals surface area (Å²) in [6, 6.07) is 8.25. The maximum absolute atomic E-state index is 12.2. The number of hydrogen-bond acceptors (Lipinski definition) is 1. The van der Waals surface area contributed by atoms with E-state index in [0.29, 0.717) is 5.78 Å². The number of Topliss-reactive ketones (excluding diaryl/α,β-unsaturated/α-hetero) is 1. The highest BCUT2D eigenvalue weighted by atomic mass is 28.2. The Hall–Kier alpha value is -1.67. The van der Waals surface area contributed by atoms with Crippen molar-refractivity contribution >= 4 is 26.4 Å². The van der Waals surface area contributed by atoms with E-state index in [9.17, 15) is 4.79 Å². The molecule has 0 radical (unpaired) electrons. The predicted molar refractivity (Wildman–Crippen MR) is 66.8 cm³/mol. The third kappa shape index (κ3) is 0.842. The van der Waals surface area contributed by atoms with E-state index < -0.39 is 0 Å². The molecule has 0 bridgehead atoms. The summed E-state index contributed by atoms with van der Waals surface area (Å²) in [7, 11) is -0.279. The van der Waals surface area contributed by atoms with Crippen LogP contribution in [0.25, 0.3) is 11.1 Å². The lowest BCUT2D eigenvalue weighted by Crippen LogP contribution is -2.25. The second kappa shape index (κ2) is 2.52. The summed E-state index contributed by atoms with van der Waals surface area (Å²) in [4.78, 5) is 12.2. The summed E-state index contributed by atoms with van der Waals surface area (Å²) < 4.78 is 0. The van der Waals surface area contributed by atoms with Crippen molar-refractivity contribution in [3.8, 4) is 0 Å². The number of carbonyl (C=O) groups excluding carboxylic acids is 1. The quantitative estimate of drug-likeness (QED) is 0.561. The minimum absolute atomic E-state index is 0.279. The van der Waals surface area contributed by atoms with Gasteiger partial charge in [-0.3, -0.25) is 4.79 Å². The zero-order valence-corrected chi connectivity index (χ0v) is 10.4. The number of benzene rings is 1. The maximum Gasteiger partial charge on any atom is 0.185 e. The van der Waals surface area contributed by atoms with Crippen molar-refractivity contribution in [2.24, 2.45) is 0 Å². The Balaban J connectivity index is 2.23. The van der Waals surface area contributed by atoms with Gasteiger partial charge in [0.05, 0.1) is 9.52 Å². The number of rotatable bonds is 0. The molecule has 0 aromatic heterocycles. The monoisotopic (exact) mass is 222 g/mol. The molecular weight excluding hydrogens is 212 g/mol. The van der Waals surface area contributed by atoms with E-state index in [0.717, 1.165) is 10.8 Å². The molecule has 3 aliphatic rings. The van der Waals surface area contributed by atoms with Crippen LogP contribution in [0.15, 0.2) is 46.3 Å². The lowest BCUT2D eigenvalue weighted by atomic mass is 9.95. The van der Waals surface area contributed by atoms with Gasteiger partial charge in [0.25, 0.3) is 0 Å². The average Bonchev–Trinajstić information content (AvgIpc) is 3.02. The number of ketones is 1. The van der Waals surface area contributed by atoms with E-state index in [1.165, 1.54) is 26.8 Å². The smallest absolute Gasteiger partial charge is 0.185 e. The fourth-order valence-corrected chi connectivity index (χ4v) is 3.97. The van der Waals surface area contributed by atoms with E-state index in [2.05, 4.69) is 25.1 Å². The molecule has 0 fully saturated rings. The zero-order chi connectivity index (χ0) is 10.9. The second-order valence-electron chi connectivity index (χ2n) is 4.61. The van der Waals surface area contributed by atoms with Gasteiger partial charge in [0.1, 0.15) is 0 Å². The van der Waals surface area contributed by atoms with Gasteiger partial charge in [-0.25, -0.2) is 0 Å². The SMILES string of the molecule is CC1=c2ccccc2=C2C(=O)C3=C(C=C12)[SiH2]3. The molecule has 1 aromatic rings. The van der Waals surface area contributed by atoms with Gasteiger partial charge in [0, 0.05) is 5.57 Å². The Labute approximate surface area is 95.3 Å². The van der Waals surface area contributed by atoms with Crippen LogP contribution in [0, 0.1) is 0 Å². The molecule has 0 saturated carbocycles. The van der Waals surface area contributed by atoms with E-state index in [1.807, 2.05) is 12.1 Å². The molecule has 4 rings (SSSR count). The zero-order valence-electron chi connectivity index (χ0n) is 9.00. The summed E-state index contributed by atoms with van der Waals surface area (Å²) in [6.07, 6.45) is 2.26. The summed E-state index contributed by atoms with van der Waals surface area (Å²) in [6.45, 7) is 2.13. The van der Waals surface area contributed by atoms with E-state index in [4.69, 9.17) is 0 Å². The van der Waals surface area contributed by atoms with Crippen LogP contribution in [0.4, 0.5) is 0 Å². The summed E-state index contributed by atoms with van der Waals surface area (Å²) in [5.74, 6) is 0.323. The molecule has 0 saturated heterocycles. The Morgan fingerprint density at radius 2 is 1.88 bits per heavy atom. The third-order valence-electron chi connectivity index (χ3n) is 3.72. The Bertz CT molecular complexity index is 747. The Kier molecular flexibility index (Phi) is 1.34. The average molecular weight is 222 g/mol. The standard InChI is InChI=1S/C14H10OSi/c1-7-8-4-2-3-5-9(8)12-10(7)6-11-14(16-11)13(12)15/h2-6H,16H2,1H3. The molecule has 16 heavy (non-hydrogen) atoms. The topological polar surface area (TPSA) is 17.1 Å². The first kappa shape index (κ1) is 8.48. The van der Waals surface area contributed by atoms with Crippen molar-refractivity contribution in [2.75, 3.05) is 0 Å². The molecule has 1 aromatic carbocycles. The van der Waals surface area contributed by atoms with Gasteiger partial charge in [0.15, 0.2) is 5.78 Å². The van der Waals surface area contributed by atoms with Gasteiger partial charge in [-0.05, 0) is 33.7 Å². The van der Waals surface area contributed by atoms with Gasteiger partial charge in [-0.15, -0.1) is 0 Å². The predicted octanol–water partition coefficient (Wildman–Crippen LogP) is -0.0754. The third-order valence-corrected chi connectivity index (χ3v) is 5.36. The summed E-state index contributed by atoms with van der Waals surface area (Å²) >= 11 is 0. The van der Waals surface area contributed by atoms with Gasteiger partial charge in [0.2, 0.25) is 0 Å². The minimum atomic E-state index is -0.279. The minimum Gasteiger partial charge on any atom is -0.289 e. The number of hydrogen-bond donors (Lipinski definition) is 0. The van der Waals surface area contributed by atoms with Gasteiger partial charge < -0.3 is 0 Å². The molecule has 0 spiro atoms. The lowest BCUT2D eigenvalue weighted by molar-refractivity contribution is -0.109. The molecule has 76 valence electrons. The van der Waals surface area contributed by atoms with E-state index in [1.54, 1.807) is 0 Å². The summed E-state index contributed by atoms with van der Waals surface area (Å²) in [5, 5.41) is 4.93. The second-order valence-corrected chi connectivity index (χ2v) is 6.44. The van der Waals surface area contributed by atoms with Gasteiger partial charge in [-0.2, -0.15) is 0 Å². The van der Waals surface area contributed by atoms with E-state index >= 15 is 0 Å². The van der Waals surface area contributed by atoms with Gasteiger partial charge in [-0.1, -0.05) is 35.5 Å². The highest BCUT2D eigenvalue weighted by molar-refractivity contribution is 6.79. The molecule has 1 aliphatic heterocycles. The molecule has 0 amide bonds. The van der Waals surface area contributed by atoms with Crippen LogP contribution in [0.5, 0.6) is 0 Å². The number of fused-ring (bicyclic) bond motifs is 2. The van der Waals surface area contributed by atoms with Crippen LogP contribution >= 0.6 is 0 Å². The van der Waals surface area contributed by atoms with Gasteiger partial charge >= 0.3 is 0 Å². The fourth-order valence-electron chi connectivity index (χ4n) is 2.77. The first-order valence-electron chi connectivity index (χ1n) is 5.57. The molecule has 0 atom stereocenters. The molecule has 1 nitrogen and oxygen atoms in total. The summed E-state index contributed by atoms with van der Waals surface area (Å²) in [5.41, 5.74) is 3.43. The highest BCUT2D eigenvalue weighted by Gasteiger charge is 2.37. The van der Waals surface area contributed by atoms with E-state index in [-0.39, 0.29) is 9.52 Å². The van der Waals surface area contributed by atoms with Crippen LogP contribution in [-0.2, 0) is 4.79 Å². The molecular formula is C14H10OSi. The van der Waals surface area contributed by atoms with Crippen molar-refractivity contribution in [2.45, 2.75) is 6.92 Å². The lowest BCUT2D eigenvalue weighted by Gasteiger charge is -2.07. The Morgan fingerprint density at radius 3 is 2.69 bits per heavy atom. The van der Waals surface area contributed by atoms with Crippen LogP contribution < -0.4 is 10.4 Å². The fraction of sp³-hybridized carbons (Fsp3) is 0.0714. The van der Waals surface area contributed by atoms with Crippen molar-refractivity contribution in [3.63, 3.8) is 0 Å². The van der Waals surface area contributed by atoms with Crippen molar-refractivity contribution < 1.29 is 4.79 Å². The maximum atomic E-state index is 12.2. The molecule has 2 aliphatic carbocycles. The normalized spacial score (nSPS) is 22.1. The van der Waals surface area contributed by atoms with Crippen molar-refractivity contribution in [1.82, 2.24) is 0 Å². The molecule has 0 N–H and O–H groups in total.